The summed E-state index contributed by atoms with van der Waals surface area (Å²) in [7, 11) is 3.14. The number of nitrogens with one attached hydrogen (secondary N) is 1. The number of rotatable bonds is 13. The molecule has 1 saturated heterocycles. The molecule has 16 heteroatoms. The summed E-state index contributed by atoms with van der Waals surface area (Å²) >= 11 is 18.6. The van der Waals surface area contributed by atoms with E-state index >= 15 is 4.79 Å². The number of carbonyl (C=O) groups is 2. The zero-order chi connectivity index (χ0) is 39.7. The molecule has 0 radical (unpaired) electrons. The highest BCUT2D eigenvalue weighted by Gasteiger charge is 2.50. The third kappa shape index (κ3) is 9.58. The fourth-order valence-corrected chi connectivity index (χ4v) is 7.09. The zero-order valence-electron chi connectivity index (χ0n) is 31.3. The Labute approximate surface area is 345 Å². The summed E-state index contributed by atoms with van der Waals surface area (Å²) < 4.78 is 61.8. The largest absolute Gasteiger partial charge is 0.497 e. The van der Waals surface area contributed by atoms with Gasteiger partial charge in [-0.2, -0.15) is 4.39 Å². The van der Waals surface area contributed by atoms with Crippen LogP contribution in [0.4, 0.5) is 18.0 Å². The van der Waals surface area contributed by atoms with Crippen molar-refractivity contribution >= 4 is 64.8 Å². The summed E-state index contributed by atoms with van der Waals surface area (Å²) in [5.74, 6) is -3.27. The van der Waals surface area contributed by atoms with E-state index in [0.29, 0.717) is 55.5 Å². The molecule has 3 aliphatic rings. The second-order valence-electron chi connectivity index (χ2n) is 14.4. The average molecular weight is 862 g/mol. The molecule has 0 aromatic heterocycles. The molecule has 2 bridgehead atoms. The van der Waals surface area contributed by atoms with Crippen LogP contribution >= 0.6 is 47.2 Å². The van der Waals surface area contributed by atoms with Crippen LogP contribution in [0.15, 0.2) is 60.2 Å². The fraction of sp³-hybridized carbons (Fsp3) is 0.450. The Morgan fingerprint density at radius 3 is 2.16 bits per heavy atom. The lowest BCUT2D eigenvalue weighted by Gasteiger charge is -2.48. The number of nitrogens with zero attached hydrogens (tertiary/aromatic N) is 2. The summed E-state index contributed by atoms with van der Waals surface area (Å²) in [4.78, 5) is 32.5. The molecule has 9 nitrogen and oxygen atoms in total. The van der Waals surface area contributed by atoms with Crippen molar-refractivity contribution < 1.29 is 41.7 Å². The summed E-state index contributed by atoms with van der Waals surface area (Å²) in [5.41, 5.74) is 2.37. The molecule has 1 aliphatic carbocycles. The van der Waals surface area contributed by atoms with E-state index < -0.39 is 44.7 Å². The highest BCUT2D eigenvalue weighted by atomic mass is 35.6. The Bertz CT molecular complexity index is 1920. The molecule has 2 aliphatic heterocycles. The molecular formula is C40H44Cl4F3N3O6. The van der Waals surface area contributed by atoms with E-state index in [2.05, 4.69) is 5.32 Å². The molecule has 0 spiro atoms. The second kappa shape index (κ2) is 17.9. The summed E-state index contributed by atoms with van der Waals surface area (Å²) in [6.07, 6.45) is 2.24. The van der Waals surface area contributed by atoms with Gasteiger partial charge in [0.25, 0.3) is 5.91 Å². The Hall–Kier alpha value is -3.55. The first kappa shape index (κ1) is 43.6. The fourth-order valence-electron chi connectivity index (χ4n) is 6.97. The minimum Gasteiger partial charge on any atom is -0.497 e. The number of amides is 2. The molecule has 304 valence electrons. The number of ether oxygens (including phenoxy) is 4. The Morgan fingerprint density at radius 1 is 0.911 bits per heavy atom. The van der Waals surface area contributed by atoms with Crippen molar-refractivity contribution in [1.82, 2.24) is 15.1 Å². The number of aryl methyl sites for hydroxylation is 1. The third-order valence-corrected chi connectivity index (χ3v) is 11.5. The molecule has 3 aromatic carbocycles. The highest BCUT2D eigenvalue weighted by Crippen LogP contribution is 2.44. The van der Waals surface area contributed by atoms with Crippen molar-refractivity contribution in [3.8, 4) is 17.2 Å². The Balaban J connectivity index is 0.00000600. The average Bonchev–Trinajstić information content (AvgIpc) is 3.99. The lowest BCUT2D eigenvalue weighted by molar-refractivity contribution is -0.129. The van der Waals surface area contributed by atoms with Crippen molar-refractivity contribution in [2.75, 3.05) is 33.9 Å². The lowest BCUT2D eigenvalue weighted by Crippen LogP contribution is -2.64. The van der Waals surface area contributed by atoms with Gasteiger partial charge in [-0.15, -0.1) is 12.4 Å². The van der Waals surface area contributed by atoms with Crippen molar-refractivity contribution in [1.29, 1.82) is 0 Å². The minimum atomic E-state index is -1.91. The number of benzene rings is 3. The number of methoxy groups -OCH3 is 2. The number of hydrogen-bond donors (Lipinski definition) is 1. The molecule has 2 atom stereocenters. The molecule has 1 N–H and O–H groups in total. The van der Waals surface area contributed by atoms with Crippen LogP contribution in [-0.2, 0) is 22.5 Å². The quantitative estimate of drug-likeness (QED) is 0.104. The van der Waals surface area contributed by atoms with Crippen LogP contribution in [-0.4, -0.2) is 83.2 Å². The SMILES string of the molecule is COc1cc(CN(C(=O)C2=C(c3ccc(CCCOc4c(F)ccc(F)c4F)cc3)CC3CNC[C@H]2N3C(=O)OC(C)(C)C(Cl)(Cl)Cl)C2CC2)cc(OC)c1.Cl. The van der Waals surface area contributed by atoms with Gasteiger partial charge in [-0.3, -0.25) is 9.69 Å². The van der Waals surface area contributed by atoms with Gasteiger partial charge in [0.1, 0.15) is 11.5 Å². The molecule has 3 aromatic rings. The molecule has 1 unspecified atom stereocenters. The van der Waals surface area contributed by atoms with Gasteiger partial charge in [0.05, 0.1) is 32.9 Å². The van der Waals surface area contributed by atoms with Crippen LogP contribution in [0, 0.1) is 17.5 Å². The molecular weight excluding hydrogens is 817 g/mol. The molecule has 1 saturated carbocycles. The van der Waals surface area contributed by atoms with Gasteiger partial charge in [0.15, 0.2) is 23.0 Å². The lowest BCUT2D eigenvalue weighted by atomic mass is 9.81. The number of fused-ring (bicyclic) bond motifs is 2. The van der Waals surface area contributed by atoms with E-state index in [-0.39, 0.29) is 43.5 Å². The number of hydrogen-bond acceptors (Lipinski definition) is 7. The number of alkyl halides is 3. The Kier molecular flexibility index (Phi) is 14.0. The zero-order valence-corrected chi connectivity index (χ0v) is 34.4. The van der Waals surface area contributed by atoms with E-state index in [9.17, 15) is 18.0 Å². The van der Waals surface area contributed by atoms with Gasteiger partial charge in [0, 0.05) is 37.3 Å². The maximum Gasteiger partial charge on any atom is 0.411 e. The maximum atomic E-state index is 15.1. The molecule has 6 rings (SSSR count). The first-order chi connectivity index (χ1) is 26.1. The maximum absolute atomic E-state index is 15.1. The van der Waals surface area contributed by atoms with Crippen LogP contribution in [0.1, 0.15) is 56.2 Å². The van der Waals surface area contributed by atoms with Gasteiger partial charge in [-0.05, 0) is 92.5 Å². The monoisotopic (exact) mass is 859 g/mol. The molecule has 2 amide bonds. The summed E-state index contributed by atoms with van der Waals surface area (Å²) in [6, 6.07) is 13.7. The van der Waals surface area contributed by atoms with Gasteiger partial charge < -0.3 is 29.2 Å². The van der Waals surface area contributed by atoms with Crippen LogP contribution < -0.4 is 19.5 Å². The van der Waals surface area contributed by atoms with Crippen LogP contribution in [0.25, 0.3) is 5.57 Å². The molecule has 56 heavy (non-hydrogen) atoms. The summed E-state index contributed by atoms with van der Waals surface area (Å²) in [6.45, 7) is 4.03. The first-order valence-corrected chi connectivity index (χ1v) is 19.2. The van der Waals surface area contributed by atoms with E-state index in [1.54, 1.807) is 25.2 Å². The third-order valence-electron chi connectivity index (χ3n) is 10.2. The van der Waals surface area contributed by atoms with Crippen LogP contribution in [0.3, 0.4) is 0 Å². The van der Waals surface area contributed by atoms with Gasteiger partial charge >= 0.3 is 6.09 Å². The molecule has 2 heterocycles. The van der Waals surface area contributed by atoms with Crippen LogP contribution in [0.5, 0.6) is 17.2 Å². The predicted octanol–water partition coefficient (Wildman–Crippen LogP) is 8.83. The van der Waals surface area contributed by atoms with Gasteiger partial charge in [0.2, 0.25) is 9.61 Å². The van der Waals surface area contributed by atoms with Crippen molar-refractivity contribution in [2.24, 2.45) is 0 Å². The standard InChI is InChI=1S/C40H43Cl3F3N3O6.ClH/c1-39(2,40(41,42)43)55-38(51)49-27-18-30(25-9-7-23(8-10-25)6-5-15-54-36-32(45)14-13-31(44)35(36)46)34(33(49)21-47-20-27)37(50)48(26-11-12-26)22-24-16-28(52-3)19-29(17-24)53-4;/h7-10,13-14,16-17,19,26-27,33,47H,5-6,11-12,15,18,20-22H2,1-4H3;1H/t27?,33-;/m1./s1. The first-order valence-electron chi connectivity index (χ1n) is 18.0. The minimum absolute atomic E-state index is 0. The van der Waals surface area contributed by atoms with Crippen molar-refractivity contribution in [3.63, 3.8) is 0 Å². The highest BCUT2D eigenvalue weighted by molar-refractivity contribution is 6.68. The Morgan fingerprint density at radius 2 is 1.55 bits per heavy atom. The van der Waals surface area contributed by atoms with E-state index in [1.165, 1.54) is 13.8 Å². The van der Waals surface area contributed by atoms with E-state index in [0.717, 1.165) is 41.2 Å². The van der Waals surface area contributed by atoms with E-state index in [4.69, 9.17) is 53.8 Å². The molecule has 2 fully saturated rings. The normalized spacial score (nSPS) is 18.2. The van der Waals surface area contributed by atoms with Crippen molar-refractivity contribution in [3.05, 3.63) is 94.3 Å². The van der Waals surface area contributed by atoms with Crippen LogP contribution in [0.2, 0.25) is 0 Å². The van der Waals surface area contributed by atoms with Gasteiger partial charge in [-0.1, -0.05) is 59.1 Å². The number of piperazine rings is 1. The van der Waals surface area contributed by atoms with E-state index in [1.807, 2.05) is 41.3 Å². The predicted molar refractivity (Wildman–Crippen MR) is 212 cm³/mol. The summed E-state index contributed by atoms with van der Waals surface area (Å²) in [5, 5.41) is 3.40. The topological polar surface area (TPSA) is 89.6 Å². The number of carbonyl (C=O) groups excluding carboxylic acids is 2. The number of halogens is 7. The second-order valence-corrected chi connectivity index (χ2v) is 16.7. The smallest absolute Gasteiger partial charge is 0.411 e. The van der Waals surface area contributed by atoms with Gasteiger partial charge in [-0.25, -0.2) is 13.6 Å². The van der Waals surface area contributed by atoms with Crippen molar-refractivity contribution in [2.45, 2.75) is 80.0 Å².